The molecule has 1 aliphatic heterocycles. The third-order valence-electron chi connectivity index (χ3n) is 5.50. The standard InChI is InChI=1S/C16H19NO2/c1-10-7-11-9-13(18)12-3-6-17-5-2-4-16(11,15(12)17)14(19)8-10/h3,6,10-11H,2,4-5,7-9H2,1H3/t10-,11+,16-/m1/s1. The van der Waals surface area contributed by atoms with Gasteiger partial charge in [-0.2, -0.15) is 0 Å². The number of hydrogen-bond acceptors (Lipinski definition) is 2. The first-order valence-corrected chi connectivity index (χ1v) is 7.39. The number of carbonyl (C=O) groups excluding carboxylic acids is 2. The van der Waals surface area contributed by atoms with E-state index in [2.05, 4.69) is 11.5 Å². The summed E-state index contributed by atoms with van der Waals surface area (Å²) in [5.74, 6) is 1.32. The second kappa shape index (κ2) is 3.59. The largest absolute Gasteiger partial charge is 0.350 e. The van der Waals surface area contributed by atoms with Crippen molar-refractivity contribution in [2.24, 2.45) is 11.8 Å². The van der Waals surface area contributed by atoms with Crippen LogP contribution in [0.25, 0.3) is 0 Å². The second-order valence-electron chi connectivity index (χ2n) is 6.64. The molecule has 1 saturated carbocycles. The number of aromatic nitrogens is 1. The average molecular weight is 257 g/mol. The van der Waals surface area contributed by atoms with Crippen molar-refractivity contribution in [1.29, 1.82) is 0 Å². The number of rotatable bonds is 0. The number of Topliss-reactive ketones (excluding diaryl/α,β-unsaturated/α-hetero) is 2. The third kappa shape index (κ3) is 1.28. The Labute approximate surface area is 113 Å². The number of carbonyl (C=O) groups is 2. The molecule has 1 aromatic heterocycles. The summed E-state index contributed by atoms with van der Waals surface area (Å²) in [5.41, 5.74) is 1.58. The molecule has 0 bridgehead atoms. The highest BCUT2D eigenvalue weighted by atomic mass is 16.1. The van der Waals surface area contributed by atoms with Crippen molar-refractivity contribution in [1.82, 2.24) is 4.57 Å². The van der Waals surface area contributed by atoms with Crippen molar-refractivity contribution in [2.45, 2.75) is 51.0 Å². The Morgan fingerprint density at radius 3 is 3.00 bits per heavy atom. The van der Waals surface area contributed by atoms with Gasteiger partial charge in [-0.25, -0.2) is 0 Å². The molecule has 1 fully saturated rings. The summed E-state index contributed by atoms with van der Waals surface area (Å²) in [6.45, 7) is 3.10. The summed E-state index contributed by atoms with van der Waals surface area (Å²) >= 11 is 0. The van der Waals surface area contributed by atoms with Crippen molar-refractivity contribution >= 4 is 11.6 Å². The average Bonchev–Trinajstić information content (AvgIpc) is 2.79. The van der Waals surface area contributed by atoms with Gasteiger partial charge in [-0.15, -0.1) is 0 Å². The lowest BCUT2D eigenvalue weighted by molar-refractivity contribution is -0.132. The lowest BCUT2D eigenvalue weighted by atomic mass is 9.54. The number of hydrogen-bond donors (Lipinski definition) is 0. The minimum Gasteiger partial charge on any atom is -0.350 e. The zero-order valence-corrected chi connectivity index (χ0v) is 11.3. The van der Waals surface area contributed by atoms with Crippen LogP contribution in [0.2, 0.25) is 0 Å². The van der Waals surface area contributed by atoms with Crippen molar-refractivity contribution in [2.75, 3.05) is 0 Å². The zero-order chi connectivity index (χ0) is 13.2. The van der Waals surface area contributed by atoms with Crippen LogP contribution in [-0.2, 0) is 16.8 Å². The SMILES string of the molecule is C[C@H]1CC(=O)[C@]23CCCn4ccc(c42)C(=O)C[C@@H]3C1. The van der Waals surface area contributed by atoms with Crippen molar-refractivity contribution < 1.29 is 9.59 Å². The lowest BCUT2D eigenvalue weighted by Crippen LogP contribution is -2.54. The maximum absolute atomic E-state index is 12.8. The monoisotopic (exact) mass is 257 g/mol. The van der Waals surface area contributed by atoms with Gasteiger partial charge in [0, 0.05) is 36.8 Å². The molecule has 3 atom stereocenters. The Kier molecular flexibility index (Phi) is 2.16. The minimum atomic E-state index is -0.322. The number of nitrogens with zero attached hydrogens (tertiary/aromatic N) is 1. The molecule has 0 amide bonds. The van der Waals surface area contributed by atoms with Gasteiger partial charge in [0.15, 0.2) is 5.78 Å². The third-order valence-corrected chi connectivity index (χ3v) is 5.50. The van der Waals surface area contributed by atoms with Crippen LogP contribution in [0, 0.1) is 11.8 Å². The summed E-state index contributed by atoms with van der Waals surface area (Å²) in [6, 6.07) is 1.94. The Morgan fingerprint density at radius 1 is 1.32 bits per heavy atom. The van der Waals surface area contributed by atoms with Crippen LogP contribution in [0.5, 0.6) is 0 Å². The Bertz CT molecular complexity index is 586. The Balaban J connectivity index is 1.98. The maximum Gasteiger partial charge on any atom is 0.165 e. The van der Waals surface area contributed by atoms with Gasteiger partial charge in [0.05, 0.1) is 5.41 Å². The summed E-state index contributed by atoms with van der Waals surface area (Å²) in [6.07, 6.45) is 6.32. The normalized spacial score (nSPS) is 36.9. The second-order valence-corrected chi connectivity index (χ2v) is 6.64. The van der Waals surface area contributed by atoms with Crippen LogP contribution in [0.3, 0.4) is 0 Å². The Hall–Kier alpha value is -1.38. The van der Waals surface area contributed by atoms with Crippen LogP contribution >= 0.6 is 0 Å². The molecule has 2 heterocycles. The molecule has 2 aliphatic carbocycles. The van der Waals surface area contributed by atoms with E-state index in [0.717, 1.165) is 37.1 Å². The molecule has 0 unspecified atom stereocenters. The van der Waals surface area contributed by atoms with Gasteiger partial charge in [0.25, 0.3) is 0 Å². The van der Waals surface area contributed by atoms with Gasteiger partial charge in [0.1, 0.15) is 5.78 Å². The van der Waals surface area contributed by atoms with Crippen LogP contribution in [0.15, 0.2) is 12.3 Å². The Morgan fingerprint density at radius 2 is 2.16 bits per heavy atom. The van der Waals surface area contributed by atoms with E-state index in [4.69, 9.17) is 0 Å². The highest BCUT2D eigenvalue weighted by Gasteiger charge is 2.56. The molecule has 100 valence electrons. The van der Waals surface area contributed by atoms with Gasteiger partial charge in [-0.3, -0.25) is 9.59 Å². The summed E-state index contributed by atoms with van der Waals surface area (Å²) in [4.78, 5) is 25.1. The molecule has 3 aliphatic rings. The molecule has 1 aromatic rings. The highest BCUT2D eigenvalue weighted by Crippen LogP contribution is 2.53. The summed E-state index contributed by atoms with van der Waals surface area (Å²) in [7, 11) is 0. The highest BCUT2D eigenvalue weighted by molar-refractivity contribution is 6.04. The van der Waals surface area contributed by atoms with Gasteiger partial charge >= 0.3 is 0 Å². The van der Waals surface area contributed by atoms with E-state index in [1.165, 1.54) is 0 Å². The van der Waals surface area contributed by atoms with E-state index in [0.29, 0.717) is 24.5 Å². The van der Waals surface area contributed by atoms with Gasteiger partial charge in [-0.05, 0) is 37.2 Å². The molecule has 0 N–H and O–H groups in total. The first-order valence-electron chi connectivity index (χ1n) is 7.39. The maximum atomic E-state index is 12.8. The van der Waals surface area contributed by atoms with Crippen molar-refractivity contribution in [3.8, 4) is 0 Å². The molecular weight excluding hydrogens is 238 g/mol. The van der Waals surface area contributed by atoms with Crippen LogP contribution in [0.4, 0.5) is 0 Å². The fourth-order valence-electron chi connectivity index (χ4n) is 4.78. The summed E-state index contributed by atoms with van der Waals surface area (Å²) < 4.78 is 2.18. The van der Waals surface area contributed by atoms with E-state index in [-0.39, 0.29) is 17.1 Å². The van der Waals surface area contributed by atoms with E-state index in [1.54, 1.807) is 0 Å². The minimum absolute atomic E-state index is 0.248. The molecule has 0 saturated heterocycles. The van der Waals surface area contributed by atoms with Crippen molar-refractivity contribution in [3.05, 3.63) is 23.5 Å². The molecule has 4 rings (SSSR count). The molecule has 19 heavy (non-hydrogen) atoms. The predicted molar refractivity (Wildman–Crippen MR) is 71.2 cm³/mol. The quantitative estimate of drug-likeness (QED) is 0.717. The molecular formula is C16H19NO2. The van der Waals surface area contributed by atoms with Crippen LogP contribution in [-0.4, -0.2) is 16.1 Å². The molecule has 3 heteroatoms. The van der Waals surface area contributed by atoms with Gasteiger partial charge in [0.2, 0.25) is 0 Å². The van der Waals surface area contributed by atoms with Gasteiger partial charge in [-0.1, -0.05) is 6.92 Å². The fraction of sp³-hybridized carbons (Fsp3) is 0.625. The van der Waals surface area contributed by atoms with E-state index >= 15 is 0 Å². The van der Waals surface area contributed by atoms with E-state index in [1.807, 2.05) is 12.3 Å². The van der Waals surface area contributed by atoms with E-state index in [9.17, 15) is 9.59 Å². The lowest BCUT2D eigenvalue weighted by Gasteiger charge is -2.50. The number of aryl methyl sites for hydroxylation is 1. The first-order chi connectivity index (χ1) is 9.13. The van der Waals surface area contributed by atoms with Crippen LogP contribution < -0.4 is 0 Å². The predicted octanol–water partition coefficient (Wildman–Crippen LogP) is 2.72. The first kappa shape index (κ1) is 11.4. The molecule has 1 spiro atoms. The fourth-order valence-corrected chi connectivity index (χ4v) is 4.78. The zero-order valence-electron chi connectivity index (χ0n) is 11.3. The van der Waals surface area contributed by atoms with Crippen molar-refractivity contribution in [3.63, 3.8) is 0 Å². The van der Waals surface area contributed by atoms with Crippen LogP contribution in [0.1, 0.15) is 55.1 Å². The molecule has 0 radical (unpaired) electrons. The summed E-state index contributed by atoms with van der Waals surface area (Å²) in [5, 5.41) is 0. The molecule has 0 aromatic carbocycles. The van der Waals surface area contributed by atoms with E-state index < -0.39 is 0 Å². The smallest absolute Gasteiger partial charge is 0.165 e. The number of ketones is 2. The topological polar surface area (TPSA) is 39.1 Å². The molecule has 3 nitrogen and oxygen atoms in total. The van der Waals surface area contributed by atoms with Gasteiger partial charge < -0.3 is 4.57 Å².